The lowest BCUT2D eigenvalue weighted by Crippen LogP contribution is -1.74. The van der Waals surface area contributed by atoms with Gasteiger partial charge in [-0.05, 0) is 45.7 Å². The highest BCUT2D eigenvalue weighted by Gasteiger charge is 1.84. The predicted octanol–water partition coefficient (Wildman–Crippen LogP) is 13.8. The van der Waals surface area contributed by atoms with Crippen LogP contribution in [0.5, 0.6) is 0 Å². The van der Waals surface area contributed by atoms with E-state index in [-0.39, 0.29) is 0 Å². The Hall–Kier alpha value is -2.34. The van der Waals surface area contributed by atoms with Gasteiger partial charge in [0.05, 0.1) is 0 Å². The first-order valence-corrected chi connectivity index (χ1v) is 15.1. The second-order valence-corrected chi connectivity index (χ2v) is 5.90. The summed E-state index contributed by atoms with van der Waals surface area (Å²) in [6.45, 7) is 38.5. The number of hydrogen-bond donors (Lipinski definition) is 0. The van der Waals surface area contributed by atoms with Crippen molar-refractivity contribution in [1.29, 1.82) is 0 Å². The van der Waals surface area contributed by atoms with Crippen LogP contribution in [0.2, 0.25) is 0 Å². The molecule has 0 spiro atoms. The highest BCUT2D eigenvalue weighted by Crippen LogP contribution is 2.02. The topological polar surface area (TPSA) is 0 Å². The SMILES string of the molecule is CC.CC.CC.CC.CC.CC.CC.Cc1cccc(C)c1.Cc1ccccc1.Cc1ccccc1C. The van der Waals surface area contributed by atoms with E-state index in [9.17, 15) is 0 Å². The summed E-state index contributed by atoms with van der Waals surface area (Å²) < 4.78 is 0. The van der Waals surface area contributed by atoms with Crippen molar-refractivity contribution in [3.63, 3.8) is 0 Å². The Morgan fingerprint density at radius 1 is 0.270 bits per heavy atom. The van der Waals surface area contributed by atoms with E-state index in [0.29, 0.717) is 0 Å². The van der Waals surface area contributed by atoms with E-state index >= 15 is 0 Å². The van der Waals surface area contributed by atoms with Crippen molar-refractivity contribution in [2.75, 3.05) is 0 Å². The molecule has 0 bridgehead atoms. The lowest BCUT2D eigenvalue weighted by Gasteiger charge is -1.93. The minimum absolute atomic E-state index is 1.32. The standard InChI is InChI=1S/2C8H10.C7H8.7C2H6/c1-7-4-3-5-8(2)6-7;1-7-5-3-4-6-8(7)2;1-7-5-3-2-4-6-7;7*1-2/h2*3-6H,1-2H3;2-6H,1H3;7*1-2H3. The number of rotatable bonds is 0. The Bertz CT molecular complexity index is 643. The zero-order chi connectivity index (χ0) is 31.1. The van der Waals surface area contributed by atoms with Gasteiger partial charge < -0.3 is 0 Å². The zero-order valence-corrected chi connectivity index (χ0v) is 29.0. The predicted molar refractivity (Wildman–Crippen MR) is 182 cm³/mol. The molecule has 0 heteroatoms. The molecule has 0 aliphatic heterocycles. The third-order valence-electron chi connectivity index (χ3n) is 3.54. The zero-order valence-electron chi connectivity index (χ0n) is 29.0. The van der Waals surface area contributed by atoms with Gasteiger partial charge in [-0.1, -0.05) is 192 Å². The number of benzene rings is 3. The van der Waals surface area contributed by atoms with E-state index in [1.165, 1.54) is 27.8 Å². The van der Waals surface area contributed by atoms with Crippen LogP contribution in [0.25, 0.3) is 0 Å². The second-order valence-electron chi connectivity index (χ2n) is 5.90. The maximum atomic E-state index is 2.17. The molecule has 0 saturated carbocycles. The van der Waals surface area contributed by atoms with Gasteiger partial charge in [-0.2, -0.15) is 0 Å². The molecule has 0 amide bonds. The molecule has 0 saturated heterocycles. The molecule has 0 fully saturated rings. The molecule has 0 aliphatic rings. The van der Waals surface area contributed by atoms with Gasteiger partial charge >= 0.3 is 0 Å². The van der Waals surface area contributed by atoms with Gasteiger partial charge in [-0.15, -0.1) is 0 Å². The normalized spacial score (nSPS) is 6.78. The molecule has 0 radical (unpaired) electrons. The van der Waals surface area contributed by atoms with Crippen molar-refractivity contribution in [3.05, 3.63) is 107 Å². The molecule has 0 aliphatic carbocycles. The Kier molecular flexibility index (Phi) is 75.6. The molecular formula is C37H70. The van der Waals surface area contributed by atoms with E-state index in [1.54, 1.807) is 0 Å². The summed E-state index contributed by atoms with van der Waals surface area (Å²) in [6, 6.07) is 27.1. The van der Waals surface area contributed by atoms with Gasteiger partial charge in [0.25, 0.3) is 0 Å². The summed E-state index contributed by atoms with van der Waals surface area (Å²) in [6.07, 6.45) is 0. The second kappa shape index (κ2) is 54.5. The van der Waals surface area contributed by atoms with Crippen LogP contribution >= 0.6 is 0 Å². The van der Waals surface area contributed by atoms with Crippen LogP contribution in [0.4, 0.5) is 0 Å². The van der Waals surface area contributed by atoms with Crippen LogP contribution in [0.15, 0.2) is 78.9 Å². The van der Waals surface area contributed by atoms with Crippen LogP contribution in [-0.4, -0.2) is 0 Å². The average Bonchev–Trinajstić information content (AvgIpc) is 2.99. The first-order valence-electron chi connectivity index (χ1n) is 15.1. The maximum Gasteiger partial charge on any atom is -0.0395 e. The summed E-state index contributed by atoms with van der Waals surface area (Å²) in [5.41, 5.74) is 6.73. The minimum atomic E-state index is 1.32. The average molecular weight is 515 g/mol. The number of hydrogen-bond acceptors (Lipinski definition) is 0. The summed E-state index contributed by atoms with van der Waals surface area (Å²) >= 11 is 0. The summed E-state index contributed by atoms with van der Waals surface area (Å²) in [5, 5.41) is 0. The highest BCUT2D eigenvalue weighted by atomic mass is 13.9. The first-order chi connectivity index (χ1) is 18.0. The summed E-state index contributed by atoms with van der Waals surface area (Å²) in [5.74, 6) is 0. The molecule has 0 heterocycles. The molecule has 3 aromatic carbocycles. The minimum Gasteiger partial charge on any atom is -0.0683 e. The van der Waals surface area contributed by atoms with Crippen LogP contribution < -0.4 is 0 Å². The van der Waals surface area contributed by atoms with E-state index in [2.05, 4.69) is 95.3 Å². The Labute approximate surface area is 238 Å². The van der Waals surface area contributed by atoms with Crippen molar-refractivity contribution < 1.29 is 0 Å². The highest BCUT2D eigenvalue weighted by molar-refractivity contribution is 5.23. The fourth-order valence-corrected chi connectivity index (χ4v) is 2.00. The molecule has 0 atom stereocenters. The fraction of sp³-hybridized carbons (Fsp3) is 0.514. The monoisotopic (exact) mass is 515 g/mol. The van der Waals surface area contributed by atoms with Crippen molar-refractivity contribution >= 4 is 0 Å². The van der Waals surface area contributed by atoms with Crippen molar-refractivity contribution in [2.24, 2.45) is 0 Å². The summed E-state index contributed by atoms with van der Waals surface area (Å²) in [7, 11) is 0. The molecule has 0 unspecified atom stereocenters. The molecule has 0 aromatic heterocycles. The Morgan fingerprint density at radius 3 is 0.676 bits per heavy atom. The van der Waals surface area contributed by atoms with E-state index in [0.717, 1.165) is 0 Å². The van der Waals surface area contributed by atoms with Gasteiger partial charge in [-0.3, -0.25) is 0 Å². The Balaban J connectivity index is -0.0000000591. The van der Waals surface area contributed by atoms with E-state index in [4.69, 9.17) is 0 Å². The van der Waals surface area contributed by atoms with Crippen LogP contribution in [0.3, 0.4) is 0 Å². The van der Waals surface area contributed by atoms with Crippen LogP contribution in [-0.2, 0) is 0 Å². The van der Waals surface area contributed by atoms with Gasteiger partial charge in [0.1, 0.15) is 0 Å². The Morgan fingerprint density at radius 2 is 0.514 bits per heavy atom. The smallest absolute Gasteiger partial charge is 0.0395 e. The maximum absolute atomic E-state index is 2.17. The molecule has 3 rings (SSSR count). The van der Waals surface area contributed by atoms with Gasteiger partial charge in [-0.25, -0.2) is 0 Å². The van der Waals surface area contributed by atoms with Gasteiger partial charge in [0, 0.05) is 0 Å². The van der Waals surface area contributed by atoms with Gasteiger partial charge in [0.15, 0.2) is 0 Å². The quantitative estimate of drug-likeness (QED) is 0.280. The first kappa shape index (κ1) is 51.3. The fourth-order valence-electron chi connectivity index (χ4n) is 2.00. The lowest BCUT2D eigenvalue weighted by molar-refractivity contribution is 1.34. The molecule has 218 valence electrons. The van der Waals surface area contributed by atoms with Gasteiger partial charge in [0.2, 0.25) is 0 Å². The molecule has 37 heavy (non-hydrogen) atoms. The van der Waals surface area contributed by atoms with Crippen LogP contribution in [0, 0.1) is 34.6 Å². The number of aryl methyl sites for hydroxylation is 5. The molecule has 0 nitrogen and oxygen atoms in total. The third-order valence-corrected chi connectivity index (χ3v) is 3.54. The van der Waals surface area contributed by atoms with E-state index in [1.807, 2.05) is 115 Å². The van der Waals surface area contributed by atoms with Crippen molar-refractivity contribution in [1.82, 2.24) is 0 Å². The van der Waals surface area contributed by atoms with E-state index < -0.39 is 0 Å². The third kappa shape index (κ3) is 47.5. The van der Waals surface area contributed by atoms with Crippen LogP contribution in [0.1, 0.15) is 125 Å². The van der Waals surface area contributed by atoms with Crippen molar-refractivity contribution in [2.45, 2.75) is 132 Å². The molecule has 0 N–H and O–H groups in total. The summed E-state index contributed by atoms with van der Waals surface area (Å²) in [4.78, 5) is 0. The van der Waals surface area contributed by atoms with Crippen molar-refractivity contribution in [3.8, 4) is 0 Å². The molecular weight excluding hydrogens is 444 g/mol. The lowest BCUT2D eigenvalue weighted by atomic mass is 10.1. The largest absolute Gasteiger partial charge is 0.0683 e. The molecule has 3 aromatic rings.